The second kappa shape index (κ2) is 3.44. The zero-order valence-electron chi connectivity index (χ0n) is 8.56. The monoisotopic (exact) mass is 214 g/mol. The average Bonchev–Trinajstić information content (AvgIpc) is 2.13. The van der Waals surface area contributed by atoms with E-state index in [4.69, 9.17) is 4.74 Å². The third-order valence-corrected chi connectivity index (χ3v) is 3.25. The number of ether oxygens (including phenoxy) is 1. The van der Waals surface area contributed by atoms with Gasteiger partial charge in [0.15, 0.2) is 0 Å². The molecule has 6 heteroatoms. The fourth-order valence-electron chi connectivity index (χ4n) is 2.26. The molecule has 0 bridgehead atoms. The van der Waals surface area contributed by atoms with Crippen LogP contribution in [0.15, 0.2) is 0 Å². The molecule has 0 aromatic heterocycles. The third kappa shape index (κ3) is 1.69. The van der Waals surface area contributed by atoms with Crippen molar-refractivity contribution in [3.8, 4) is 0 Å². The van der Waals surface area contributed by atoms with Gasteiger partial charge in [-0.3, -0.25) is 14.9 Å². The molecule has 0 saturated carbocycles. The van der Waals surface area contributed by atoms with E-state index in [1.54, 1.807) is 0 Å². The van der Waals surface area contributed by atoms with Gasteiger partial charge in [0.2, 0.25) is 11.9 Å². The highest BCUT2D eigenvalue weighted by Gasteiger charge is 2.52. The first-order valence-electron chi connectivity index (χ1n) is 5.03. The summed E-state index contributed by atoms with van der Waals surface area (Å²) in [5.41, 5.74) is -0.270. The van der Waals surface area contributed by atoms with E-state index < -0.39 is 6.04 Å². The van der Waals surface area contributed by atoms with Crippen LogP contribution in [0.3, 0.4) is 0 Å². The molecule has 15 heavy (non-hydrogen) atoms. The van der Waals surface area contributed by atoms with E-state index in [1.807, 2.05) is 6.92 Å². The standard InChI is InChI=1S/C9H14N2O4/c1-9(4-15-5-9)8-6(11(13)14)2-3-7(12)10-8/h6,8H,2-5H2,1H3,(H,10,12)/t6-,8+/m1/s1. The van der Waals surface area contributed by atoms with Gasteiger partial charge in [-0.2, -0.15) is 0 Å². The maximum absolute atomic E-state index is 11.3. The number of nitro groups is 1. The molecule has 1 N–H and O–H groups in total. The van der Waals surface area contributed by atoms with Gasteiger partial charge in [-0.15, -0.1) is 0 Å². The maximum Gasteiger partial charge on any atom is 0.234 e. The second-order valence-corrected chi connectivity index (χ2v) is 4.58. The number of amides is 1. The number of hydrogen-bond donors (Lipinski definition) is 1. The Morgan fingerprint density at radius 3 is 2.73 bits per heavy atom. The summed E-state index contributed by atoms with van der Waals surface area (Å²) in [4.78, 5) is 21.8. The summed E-state index contributed by atoms with van der Waals surface area (Å²) in [6, 6.07) is -1.06. The van der Waals surface area contributed by atoms with E-state index in [0.717, 1.165) is 0 Å². The first kappa shape index (κ1) is 10.4. The van der Waals surface area contributed by atoms with Crippen LogP contribution in [0.4, 0.5) is 0 Å². The highest BCUT2D eigenvalue weighted by molar-refractivity contribution is 5.77. The molecule has 0 spiro atoms. The zero-order chi connectivity index (χ0) is 11.1. The molecule has 2 aliphatic heterocycles. The van der Waals surface area contributed by atoms with Gasteiger partial charge in [0.25, 0.3) is 0 Å². The van der Waals surface area contributed by atoms with Crippen LogP contribution in [0.1, 0.15) is 19.8 Å². The molecule has 0 unspecified atom stereocenters. The molecule has 2 fully saturated rings. The molecular formula is C9H14N2O4. The lowest BCUT2D eigenvalue weighted by molar-refractivity contribution is -0.533. The number of nitrogens with zero attached hydrogens (tertiary/aromatic N) is 1. The van der Waals surface area contributed by atoms with Crippen molar-refractivity contribution in [2.75, 3.05) is 13.2 Å². The van der Waals surface area contributed by atoms with Crippen molar-refractivity contribution in [3.05, 3.63) is 10.1 Å². The van der Waals surface area contributed by atoms with Crippen LogP contribution < -0.4 is 5.32 Å². The molecule has 2 atom stereocenters. The van der Waals surface area contributed by atoms with Crippen LogP contribution in [-0.4, -0.2) is 36.1 Å². The summed E-state index contributed by atoms with van der Waals surface area (Å²) in [5, 5.41) is 13.6. The van der Waals surface area contributed by atoms with Crippen LogP contribution in [0.5, 0.6) is 0 Å². The van der Waals surface area contributed by atoms with Gasteiger partial charge in [0, 0.05) is 23.2 Å². The maximum atomic E-state index is 11.3. The Hall–Kier alpha value is -1.17. The average molecular weight is 214 g/mol. The van der Waals surface area contributed by atoms with Crippen LogP contribution in [-0.2, 0) is 9.53 Å². The highest BCUT2D eigenvalue weighted by Crippen LogP contribution is 2.35. The summed E-state index contributed by atoms with van der Waals surface area (Å²) >= 11 is 0. The van der Waals surface area contributed by atoms with Gasteiger partial charge in [-0.05, 0) is 0 Å². The quantitative estimate of drug-likeness (QED) is 0.516. The van der Waals surface area contributed by atoms with Gasteiger partial charge in [-0.1, -0.05) is 6.92 Å². The Bertz CT molecular complexity index is 300. The summed E-state index contributed by atoms with van der Waals surface area (Å²) in [7, 11) is 0. The molecule has 2 aliphatic rings. The number of rotatable bonds is 2. The van der Waals surface area contributed by atoms with Crippen molar-refractivity contribution in [1.82, 2.24) is 5.32 Å². The first-order valence-corrected chi connectivity index (χ1v) is 5.03. The van der Waals surface area contributed by atoms with Crippen LogP contribution in [0.25, 0.3) is 0 Å². The molecular weight excluding hydrogens is 200 g/mol. The fourth-order valence-corrected chi connectivity index (χ4v) is 2.26. The summed E-state index contributed by atoms with van der Waals surface area (Å²) < 4.78 is 5.08. The van der Waals surface area contributed by atoms with Gasteiger partial charge in [0.1, 0.15) is 6.04 Å². The molecule has 2 heterocycles. The number of piperidine rings is 1. The zero-order valence-corrected chi connectivity index (χ0v) is 8.56. The summed E-state index contributed by atoms with van der Waals surface area (Å²) in [6.45, 7) is 2.90. The Balaban J connectivity index is 2.16. The van der Waals surface area contributed by atoms with E-state index in [0.29, 0.717) is 19.6 Å². The Labute approximate surface area is 87.1 Å². The molecule has 1 amide bonds. The van der Waals surface area contributed by atoms with E-state index >= 15 is 0 Å². The number of nitrogens with one attached hydrogen (secondary N) is 1. The lowest BCUT2D eigenvalue weighted by Gasteiger charge is -2.46. The van der Waals surface area contributed by atoms with Crippen molar-refractivity contribution >= 4 is 5.91 Å². The molecule has 0 aromatic carbocycles. The smallest absolute Gasteiger partial charge is 0.234 e. The third-order valence-electron chi connectivity index (χ3n) is 3.25. The first-order chi connectivity index (χ1) is 7.03. The Morgan fingerprint density at radius 2 is 2.27 bits per heavy atom. The SMILES string of the molecule is CC1([C@H]2NC(=O)CC[C@H]2[N+](=O)[O-])COC1. The lowest BCUT2D eigenvalue weighted by Crippen LogP contribution is -2.64. The molecule has 0 radical (unpaired) electrons. The fraction of sp³-hybridized carbons (Fsp3) is 0.889. The molecule has 2 rings (SSSR count). The van der Waals surface area contributed by atoms with Gasteiger partial charge >= 0.3 is 0 Å². The number of hydrogen-bond acceptors (Lipinski definition) is 4. The van der Waals surface area contributed by atoms with E-state index in [9.17, 15) is 14.9 Å². The predicted octanol–water partition coefficient (Wildman–Crippen LogP) is -0.0532. The number of carbonyl (C=O) groups excluding carboxylic acids is 1. The normalized spacial score (nSPS) is 34.1. The summed E-state index contributed by atoms with van der Waals surface area (Å²) in [6.07, 6.45) is 0.582. The molecule has 2 saturated heterocycles. The highest BCUT2D eigenvalue weighted by atomic mass is 16.6. The predicted molar refractivity (Wildman–Crippen MR) is 50.9 cm³/mol. The minimum Gasteiger partial charge on any atom is -0.380 e. The van der Waals surface area contributed by atoms with Crippen molar-refractivity contribution < 1.29 is 14.5 Å². The molecule has 6 nitrogen and oxygen atoms in total. The van der Waals surface area contributed by atoms with Crippen LogP contribution in [0, 0.1) is 15.5 Å². The minimum atomic E-state index is -0.670. The van der Waals surface area contributed by atoms with E-state index in [1.165, 1.54) is 0 Å². The minimum absolute atomic E-state index is 0.0915. The van der Waals surface area contributed by atoms with E-state index in [-0.39, 0.29) is 28.7 Å². The van der Waals surface area contributed by atoms with Crippen molar-refractivity contribution in [2.24, 2.45) is 5.41 Å². The van der Waals surface area contributed by atoms with Crippen molar-refractivity contribution in [3.63, 3.8) is 0 Å². The second-order valence-electron chi connectivity index (χ2n) is 4.58. The molecule has 0 aliphatic carbocycles. The molecule has 0 aromatic rings. The Morgan fingerprint density at radius 1 is 1.60 bits per heavy atom. The van der Waals surface area contributed by atoms with Gasteiger partial charge < -0.3 is 10.1 Å². The summed E-state index contributed by atoms with van der Waals surface area (Å²) in [5.74, 6) is -0.0915. The van der Waals surface area contributed by atoms with Crippen molar-refractivity contribution in [1.29, 1.82) is 0 Å². The lowest BCUT2D eigenvalue weighted by atomic mass is 9.74. The van der Waals surface area contributed by atoms with Crippen molar-refractivity contribution in [2.45, 2.75) is 31.8 Å². The van der Waals surface area contributed by atoms with E-state index in [2.05, 4.69) is 5.32 Å². The van der Waals surface area contributed by atoms with Crippen LogP contribution in [0.2, 0.25) is 0 Å². The Kier molecular flexibility index (Phi) is 2.38. The largest absolute Gasteiger partial charge is 0.380 e. The van der Waals surface area contributed by atoms with Gasteiger partial charge in [-0.25, -0.2) is 0 Å². The van der Waals surface area contributed by atoms with Crippen LogP contribution >= 0.6 is 0 Å². The molecule has 84 valence electrons. The number of carbonyl (C=O) groups is 1. The van der Waals surface area contributed by atoms with Gasteiger partial charge in [0.05, 0.1) is 13.2 Å². The topological polar surface area (TPSA) is 81.5 Å².